The molecule has 27 heavy (non-hydrogen) atoms. The number of nitrogens with one attached hydrogen (secondary N) is 1. The van der Waals surface area contributed by atoms with Crippen molar-refractivity contribution in [2.24, 2.45) is 0 Å². The number of hydrogen-bond acceptors (Lipinski definition) is 3. The van der Waals surface area contributed by atoms with Gasteiger partial charge in [-0.3, -0.25) is 4.79 Å². The average Bonchev–Trinajstić information content (AvgIpc) is 2.68. The van der Waals surface area contributed by atoms with Gasteiger partial charge in [-0.05, 0) is 42.7 Å². The summed E-state index contributed by atoms with van der Waals surface area (Å²) >= 11 is 5.86. The van der Waals surface area contributed by atoms with Crippen molar-refractivity contribution in [3.05, 3.63) is 71.3 Å². The van der Waals surface area contributed by atoms with E-state index in [0.717, 1.165) is 12.0 Å². The van der Waals surface area contributed by atoms with Gasteiger partial charge < -0.3 is 4.90 Å². The topological polar surface area (TPSA) is 66.5 Å². The Labute approximate surface area is 164 Å². The summed E-state index contributed by atoms with van der Waals surface area (Å²) in [5.41, 5.74) is 2.35. The van der Waals surface area contributed by atoms with Crippen LogP contribution in [0, 0.1) is 0 Å². The molecule has 1 amide bonds. The zero-order chi connectivity index (χ0) is 19.4. The average molecular weight is 405 g/mol. The van der Waals surface area contributed by atoms with Gasteiger partial charge in [-0.15, -0.1) is 0 Å². The Bertz CT molecular complexity index is 958. The van der Waals surface area contributed by atoms with Gasteiger partial charge >= 0.3 is 0 Å². The Kier molecular flexibility index (Phi) is 5.99. The number of amides is 1. The van der Waals surface area contributed by atoms with Gasteiger partial charge in [0, 0.05) is 18.1 Å². The third kappa shape index (κ3) is 4.77. The maximum atomic E-state index is 12.7. The number of sulfonamides is 1. The molecule has 0 fully saturated rings. The zero-order valence-electron chi connectivity index (χ0n) is 14.9. The largest absolute Gasteiger partial charge is 0.337 e. The molecule has 3 rings (SSSR count). The van der Waals surface area contributed by atoms with Crippen LogP contribution in [0.4, 0.5) is 0 Å². The molecule has 0 bridgehead atoms. The highest BCUT2D eigenvalue weighted by molar-refractivity contribution is 7.89. The lowest BCUT2D eigenvalue weighted by molar-refractivity contribution is -0.132. The highest BCUT2D eigenvalue weighted by atomic mass is 35.5. The maximum absolute atomic E-state index is 12.7. The van der Waals surface area contributed by atoms with E-state index in [1.165, 1.54) is 17.7 Å². The Morgan fingerprint density at radius 1 is 1.15 bits per heavy atom. The molecule has 142 valence electrons. The Morgan fingerprint density at radius 3 is 2.52 bits per heavy atom. The van der Waals surface area contributed by atoms with E-state index in [9.17, 15) is 13.2 Å². The molecule has 5 nitrogen and oxygen atoms in total. The van der Waals surface area contributed by atoms with E-state index in [1.807, 2.05) is 36.4 Å². The van der Waals surface area contributed by atoms with Crippen LogP contribution < -0.4 is 4.72 Å². The lowest BCUT2D eigenvalue weighted by Crippen LogP contribution is -2.48. The molecular weight excluding hydrogens is 384 g/mol. The monoisotopic (exact) mass is 404 g/mol. The smallest absolute Gasteiger partial charge is 0.241 e. The minimum Gasteiger partial charge on any atom is -0.337 e. The molecule has 0 spiro atoms. The van der Waals surface area contributed by atoms with Crippen molar-refractivity contribution in [2.75, 3.05) is 13.1 Å². The molecule has 1 heterocycles. The molecule has 1 atom stereocenters. The van der Waals surface area contributed by atoms with Crippen LogP contribution in [0.2, 0.25) is 5.02 Å². The lowest BCUT2D eigenvalue weighted by Gasteiger charge is -2.29. The van der Waals surface area contributed by atoms with Crippen molar-refractivity contribution in [3.8, 4) is 0 Å². The number of carbonyl (C=O) groups is 1. The Balaban J connectivity index is 1.65. The van der Waals surface area contributed by atoms with Crippen LogP contribution in [0.25, 0.3) is 5.57 Å². The van der Waals surface area contributed by atoms with Gasteiger partial charge in [0.1, 0.15) is 0 Å². The molecule has 0 radical (unpaired) electrons. The van der Waals surface area contributed by atoms with Crippen molar-refractivity contribution in [2.45, 2.75) is 24.3 Å². The van der Waals surface area contributed by atoms with E-state index in [2.05, 4.69) is 4.72 Å². The number of benzene rings is 2. The molecule has 2 aromatic carbocycles. The van der Waals surface area contributed by atoms with Crippen LogP contribution in [0.5, 0.6) is 0 Å². The van der Waals surface area contributed by atoms with Crippen molar-refractivity contribution >= 4 is 33.1 Å². The minimum atomic E-state index is -3.82. The molecule has 1 aliphatic heterocycles. The standard InChI is InChI=1S/C20H21ClN2O3S/c1-15(22-27(25,26)19-9-5-8-18(21)14-19)20(24)23-12-10-17(11-13-23)16-6-3-2-4-7-16/h2-10,14-15,22H,11-13H2,1H3/t15-/m0/s1. The first-order valence-corrected chi connectivity index (χ1v) is 10.5. The molecule has 0 saturated carbocycles. The number of halogens is 1. The second-order valence-electron chi connectivity index (χ2n) is 6.43. The predicted octanol–water partition coefficient (Wildman–Crippen LogP) is 3.32. The van der Waals surface area contributed by atoms with Gasteiger partial charge in [-0.1, -0.05) is 54.1 Å². The number of nitrogens with zero attached hydrogens (tertiary/aromatic N) is 1. The van der Waals surface area contributed by atoms with E-state index in [4.69, 9.17) is 11.6 Å². The minimum absolute atomic E-state index is 0.0413. The van der Waals surface area contributed by atoms with Crippen LogP contribution >= 0.6 is 11.6 Å². The van der Waals surface area contributed by atoms with Crippen molar-refractivity contribution in [1.29, 1.82) is 0 Å². The van der Waals surface area contributed by atoms with Crippen LogP contribution in [0.1, 0.15) is 18.9 Å². The summed E-state index contributed by atoms with van der Waals surface area (Å²) in [7, 11) is -3.82. The summed E-state index contributed by atoms with van der Waals surface area (Å²) in [6.07, 6.45) is 2.76. The Hall–Kier alpha value is -2.15. The van der Waals surface area contributed by atoms with Gasteiger partial charge in [-0.25, -0.2) is 8.42 Å². The predicted molar refractivity (Wildman–Crippen MR) is 107 cm³/mol. The lowest BCUT2D eigenvalue weighted by atomic mass is 9.99. The molecule has 7 heteroatoms. The summed E-state index contributed by atoms with van der Waals surface area (Å²) in [6, 6.07) is 15.1. The zero-order valence-corrected chi connectivity index (χ0v) is 16.5. The fourth-order valence-corrected chi connectivity index (χ4v) is 4.54. The van der Waals surface area contributed by atoms with Crippen LogP contribution in [-0.4, -0.2) is 38.4 Å². The number of carbonyl (C=O) groups excluding carboxylic acids is 1. The van der Waals surface area contributed by atoms with Crippen molar-refractivity contribution in [3.63, 3.8) is 0 Å². The summed E-state index contributed by atoms with van der Waals surface area (Å²) in [5, 5.41) is 0.325. The summed E-state index contributed by atoms with van der Waals surface area (Å²) in [4.78, 5) is 14.4. The first kappa shape index (κ1) is 19.6. The molecule has 1 aliphatic rings. The van der Waals surface area contributed by atoms with Crippen molar-refractivity contribution in [1.82, 2.24) is 9.62 Å². The third-order valence-electron chi connectivity index (χ3n) is 4.47. The van der Waals surface area contributed by atoms with E-state index in [0.29, 0.717) is 18.1 Å². The normalized spacial score (nSPS) is 15.9. The van der Waals surface area contributed by atoms with Gasteiger partial charge in [0.25, 0.3) is 0 Å². The molecule has 0 unspecified atom stereocenters. The Morgan fingerprint density at radius 2 is 1.89 bits per heavy atom. The SMILES string of the molecule is C[C@H](NS(=O)(=O)c1cccc(Cl)c1)C(=O)N1CC=C(c2ccccc2)CC1. The highest BCUT2D eigenvalue weighted by Gasteiger charge is 2.27. The summed E-state index contributed by atoms with van der Waals surface area (Å²) in [6.45, 7) is 2.58. The van der Waals surface area contributed by atoms with E-state index >= 15 is 0 Å². The van der Waals surface area contributed by atoms with Crippen molar-refractivity contribution < 1.29 is 13.2 Å². The molecule has 2 aromatic rings. The maximum Gasteiger partial charge on any atom is 0.241 e. The molecule has 0 aromatic heterocycles. The van der Waals surface area contributed by atoms with Gasteiger partial charge in [0.15, 0.2) is 0 Å². The molecule has 0 aliphatic carbocycles. The fourth-order valence-electron chi connectivity index (χ4n) is 3.04. The first-order valence-electron chi connectivity index (χ1n) is 8.68. The van der Waals surface area contributed by atoms with Crippen LogP contribution in [0.3, 0.4) is 0 Å². The molecule has 0 saturated heterocycles. The fraction of sp³-hybridized carbons (Fsp3) is 0.250. The van der Waals surface area contributed by atoms with Gasteiger partial charge in [0.05, 0.1) is 10.9 Å². The third-order valence-corrected chi connectivity index (χ3v) is 6.25. The van der Waals surface area contributed by atoms with Crippen LogP contribution in [0.15, 0.2) is 65.6 Å². The highest BCUT2D eigenvalue weighted by Crippen LogP contribution is 2.22. The van der Waals surface area contributed by atoms with E-state index in [1.54, 1.807) is 24.0 Å². The van der Waals surface area contributed by atoms with Gasteiger partial charge in [0.2, 0.25) is 15.9 Å². The molecular formula is C20H21ClN2O3S. The number of rotatable bonds is 5. The quantitative estimate of drug-likeness (QED) is 0.831. The summed E-state index contributed by atoms with van der Waals surface area (Å²) < 4.78 is 27.4. The summed E-state index contributed by atoms with van der Waals surface area (Å²) in [5.74, 6) is -0.246. The van der Waals surface area contributed by atoms with E-state index < -0.39 is 16.1 Å². The second kappa shape index (κ2) is 8.25. The number of hydrogen-bond donors (Lipinski definition) is 1. The molecule has 1 N–H and O–H groups in total. The van der Waals surface area contributed by atoms with Gasteiger partial charge in [-0.2, -0.15) is 4.72 Å². The van der Waals surface area contributed by atoms with E-state index in [-0.39, 0.29) is 10.8 Å². The second-order valence-corrected chi connectivity index (χ2v) is 8.58. The first-order chi connectivity index (χ1) is 12.9. The van der Waals surface area contributed by atoms with Crippen LogP contribution in [-0.2, 0) is 14.8 Å².